The minimum atomic E-state index is 0. The molecule has 0 radical (unpaired) electrons. The first-order valence-corrected chi connectivity index (χ1v) is 7.94. The number of nitrogens with one attached hydrogen (secondary N) is 2. The zero-order chi connectivity index (χ0) is 15.4. The molecule has 126 valence electrons. The van der Waals surface area contributed by atoms with Crippen LogP contribution in [0.2, 0.25) is 0 Å². The van der Waals surface area contributed by atoms with Crippen LogP contribution in [0.25, 0.3) is 11.0 Å². The summed E-state index contributed by atoms with van der Waals surface area (Å²) in [5.74, 6) is 1.74. The summed E-state index contributed by atoms with van der Waals surface area (Å²) >= 11 is 0. The zero-order valence-electron chi connectivity index (χ0n) is 13.7. The Hall–Kier alpha value is -1.28. The van der Waals surface area contributed by atoms with Crippen molar-refractivity contribution in [3.63, 3.8) is 0 Å². The smallest absolute Gasteiger partial charge is 0.191 e. The van der Waals surface area contributed by atoms with Crippen molar-refractivity contribution in [2.75, 3.05) is 33.2 Å². The summed E-state index contributed by atoms with van der Waals surface area (Å²) in [6.45, 7) is 6.51. The van der Waals surface area contributed by atoms with E-state index < -0.39 is 0 Å². The molecule has 0 saturated carbocycles. The molecule has 0 spiro atoms. The third kappa shape index (κ3) is 4.60. The molecule has 1 aliphatic rings. The number of hydrogen-bond acceptors (Lipinski definition) is 3. The monoisotopic (exact) mass is 428 g/mol. The van der Waals surface area contributed by atoms with Crippen LogP contribution in [0, 0.1) is 0 Å². The van der Waals surface area contributed by atoms with Gasteiger partial charge in [-0.2, -0.15) is 0 Å². The van der Waals surface area contributed by atoms with Gasteiger partial charge in [-0.25, -0.2) is 0 Å². The average molecular weight is 428 g/mol. The third-order valence-corrected chi connectivity index (χ3v) is 4.12. The van der Waals surface area contributed by atoms with Crippen molar-refractivity contribution in [1.82, 2.24) is 15.5 Å². The van der Waals surface area contributed by atoms with Gasteiger partial charge in [0.1, 0.15) is 11.3 Å². The number of hydrogen-bond donors (Lipinski definition) is 2. The molecule has 1 aromatic carbocycles. The number of rotatable bonds is 5. The Balaban J connectivity index is 0.00000192. The maximum atomic E-state index is 5.89. The van der Waals surface area contributed by atoms with E-state index in [0.717, 1.165) is 35.8 Å². The minimum absolute atomic E-state index is 0. The summed E-state index contributed by atoms with van der Waals surface area (Å²) in [7, 11) is 1.80. The van der Waals surface area contributed by atoms with Gasteiger partial charge in [0.25, 0.3) is 0 Å². The number of para-hydroxylation sites is 1. The van der Waals surface area contributed by atoms with Gasteiger partial charge in [-0.1, -0.05) is 18.2 Å². The van der Waals surface area contributed by atoms with Crippen LogP contribution in [0.15, 0.2) is 39.7 Å². The first-order valence-electron chi connectivity index (χ1n) is 7.94. The highest BCUT2D eigenvalue weighted by Gasteiger charge is 2.14. The Morgan fingerprint density at radius 1 is 1.35 bits per heavy atom. The van der Waals surface area contributed by atoms with Crippen LogP contribution in [-0.4, -0.2) is 44.1 Å². The van der Waals surface area contributed by atoms with Gasteiger partial charge in [-0.15, -0.1) is 24.0 Å². The summed E-state index contributed by atoms with van der Waals surface area (Å²) in [4.78, 5) is 6.72. The van der Waals surface area contributed by atoms with E-state index in [-0.39, 0.29) is 30.0 Å². The lowest BCUT2D eigenvalue weighted by molar-refractivity contribution is 0.185. The maximum absolute atomic E-state index is 5.89. The van der Waals surface area contributed by atoms with Crippen molar-refractivity contribution in [2.45, 2.75) is 19.4 Å². The number of likely N-dealkylation sites (tertiary alicyclic amines) is 1. The van der Waals surface area contributed by atoms with Crippen LogP contribution in [-0.2, 0) is 0 Å². The Morgan fingerprint density at radius 3 is 2.78 bits per heavy atom. The van der Waals surface area contributed by atoms with E-state index in [1.807, 2.05) is 18.2 Å². The Bertz CT molecular complexity index is 618. The maximum Gasteiger partial charge on any atom is 0.191 e. The molecule has 23 heavy (non-hydrogen) atoms. The van der Waals surface area contributed by atoms with Gasteiger partial charge in [0.05, 0.1) is 6.04 Å². The fourth-order valence-corrected chi connectivity index (χ4v) is 2.62. The van der Waals surface area contributed by atoms with E-state index in [1.54, 1.807) is 7.05 Å². The van der Waals surface area contributed by atoms with Gasteiger partial charge in [-0.05, 0) is 38.6 Å². The number of fused-ring (bicyclic) bond motifs is 1. The summed E-state index contributed by atoms with van der Waals surface area (Å²) in [6, 6.07) is 10.2. The summed E-state index contributed by atoms with van der Waals surface area (Å²) in [5.41, 5.74) is 0.923. The molecular formula is C17H25IN4O. The predicted molar refractivity (Wildman–Crippen MR) is 106 cm³/mol. The van der Waals surface area contributed by atoms with Crippen molar-refractivity contribution in [1.29, 1.82) is 0 Å². The van der Waals surface area contributed by atoms with Gasteiger partial charge >= 0.3 is 0 Å². The Labute approximate surface area is 154 Å². The lowest BCUT2D eigenvalue weighted by Gasteiger charge is -2.30. The summed E-state index contributed by atoms with van der Waals surface area (Å²) in [5, 5.41) is 7.87. The number of nitrogens with zero attached hydrogens (tertiary/aromatic N) is 2. The van der Waals surface area contributed by atoms with Crippen molar-refractivity contribution in [3.8, 4) is 0 Å². The highest BCUT2D eigenvalue weighted by atomic mass is 127. The molecule has 0 bridgehead atoms. The van der Waals surface area contributed by atoms with Gasteiger partial charge in [0.15, 0.2) is 5.96 Å². The zero-order valence-corrected chi connectivity index (χ0v) is 16.0. The second-order valence-electron chi connectivity index (χ2n) is 5.75. The van der Waals surface area contributed by atoms with Gasteiger partial charge < -0.3 is 20.0 Å². The second kappa shape index (κ2) is 8.54. The standard InChI is InChI=1S/C17H24N4O.HI/c1-13(16-12-14-6-3-4-7-15(14)22-16)20-17(18-2)19-8-11-21-9-5-10-21;/h3-4,6-7,12-13H,5,8-11H2,1-2H3,(H2,18,19,20);1H. The van der Waals surface area contributed by atoms with Crippen LogP contribution in [0.1, 0.15) is 25.1 Å². The fourth-order valence-electron chi connectivity index (χ4n) is 2.62. The molecule has 0 aliphatic carbocycles. The highest BCUT2D eigenvalue weighted by Crippen LogP contribution is 2.23. The van der Waals surface area contributed by atoms with Gasteiger partial charge in [0, 0.05) is 25.5 Å². The van der Waals surface area contributed by atoms with Gasteiger partial charge in [0.2, 0.25) is 0 Å². The minimum Gasteiger partial charge on any atom is -0.459 e. The molecule has 6 heteroatoms. The topological polar surface area (TPSA) is 52.8 Å². The fraction of sp³-hybridized carbons (Fsp3) is 0.471. The second-order valence-corrected chi connectivity index (χ2v) is 5.75. The number of benzene rings is 1. The molecule has 2 aromatic rings. The molecule has 0 amide bonds. The lowest BCUT2D eigenvalue weighted by Crippen LogP contribution is -2.45. The Kier molecular flexibility index (Phi) is 6.71. The molecule has 1 saturated heterocycles. The summed E-state index contributed by atoms with van der Waals surface area (Å²) < 4.78 is 5.89. The predicted octanol–water partition coefficient (Wildman–Crippen LogP) is 2.98. The van der Waals surface area contributed by atoms with Crippen LogP contribution in [0.4, 0.5) is 0 Å². The van der Waals surface area contributed by atoms with E-state index in [4.69, 9.17) is 4.42 Å². The molecule has 1 unspecified atom stereocenters. The average Bonchev–Trinajstić information content (AvgIpc) is 2.92. The van der Waals surface area contributed by atoms with Gasteiger partial charge in [-0.3, -0.25) is 4.99 Å². The summed E-state index contributed by atoms with van der Waals surface area (Å²) in [6.07, 6.45) is 1.33. The number of guanidine groups is 1. The molecule has 1 atom stereocenters. The highest BCUT2D eigenvalue weighted by molar-refractivity contribution is 14.0. The van der Waals surface area contributed by atoms with E-state index in [2.05, 4.69) is 39.6 Å². The van der Waals surface area contributed by atoms with Crippen molar-refractivity contribution in [2.24, 2.45) is 4.99 Å². The van der Waals surface area contributed by atoms with Crippen LogP contribution in [0.5, 0.6) is 0 Å². The quantitative estimate of drug-likeness (QED) is 0.437. The molecule has 1 fully saturated rings. The van der Waals surface area contributed by atoms with Crippen LogP contribution in [0.3, 0.4) is 0 Å². The lowest BCUT2D eigenvalue weighted by atomic mass is 10.2. The SMILES string of the molecule is CN=C(NCCN1CCC1)NC(C)c1cc2ccccc2o1.I. The largest absolute Gasteiger partial charge is 0.459 e. The van der Waals surface area contributed by atoms with E-state index in [9.17, 15) is 0 Å². The molecule has 1 aromatic heterocycles. The Morgan fingerprint density at radius 2 is 2.13 bits per heavy atom. The molecular weight excluding hydrogens is 403 g/mol. The normalized spacial score (nSPS) is 16.5. The molecule has 2 heterocycles. The van der Waals surface area contributed by atoms with E-state index in [0.29, 0.717) is 0 Å². The third-order valence-electron chi connectivity index (χ3n) is 4.12. The molecule has 2 N–H and O–H groups in total. The first kappa shape index (κ1) is 18.1. The molecule has 5 nitrogen and oxygen atoms in total. The van der Waals surface area contributed by atoms with E-state index >= 15 is 0 Å². The molecule has 1 aliphatic heterocycles. The molecule has 3 rings (SSSR count). The number of aliphatic imine (C=N–C) groups is 1. The van der Waals surface area contributed by atoms with Crippen molar-refractivity contribution < 1.29 is 4.42 Å². The van der Waals surface area contributed by atoms with Crippen LogP contribution >= 0.6 is 24.0 Å². The van der Waals surface area contributed by atoms with Crippen LogP contribution < -0.4 is 10.6 Å². The van der Waals surface area contributed by atoms with E-state index in [1.165, 1.54) is 19.5 Å². The number of furan rings is 1. The van der Waals surface area contributed by atoms with Crippen molar-refractivity contribution >= 4 is 40.9 Å². The van der Waals surface area contributed by atoms with Crippen molar-refractivity contribution in [3.05, 3.63) is 36.1 Å². The number of halogens is 1. The first-order chi connectivity index (χ1) is 10.8.